The first-order chi connectivity index (χ1) is 17.5. The molecule has 0 aliphatic carbocycles. The van der Waals surface area contributed by atoms with Gasteiger partial charge in [-0.25, -0.2) is 4.57 Å². The van der Waals surface area contributed by atoms with Gasteiger partial charge in [-0.15, -0.1) is 0 Å². The molecule has 0 atom stereocenters. The maximum atomic E-state index is 10.5. The quantitative estimate of drug-likeness (QED) is 0.0684. The first-order valence-corrected chi connectivity index (χ1v) is 17.4. The summed E-state index contributed by atoms with van der Waals surface area (Å²) in [7, 11) is -4.26. The van der Waals surface area contributed by atoms with Crippen LogP contribution in [0.5, 0.6) is 0 Å². The molecule has 0 aliphatic rings. The number of rotatable bonds is 28. The van der Waals surface area contributed by atoms with Gasteiger partial charge >= 0.3 is 7.82 Å². The third kappa shape index (κ3) is 41.2. The highest BCUT2D eigenvalue weighted by Crippen LogP contribution is 2.35. The monoisotopic (exact) mass is 535 g/mol. The molecule has 6 heteroatoms. The predicted octanol–water partition coefficient (Wildman–Crippen LogP) is 10.2. The van der Waals surface area contributed by atoms with E-state index >= 15 is 0 Å². The Morgan fingerprint density at radius 2 is 0.722 bits per heavy atom. The molecule has 0 bridgehead atoms. The minimum Gasteiger partial charge on any atom is -0.330 e. The Morgan fingerprint density at radius 3 is 0.972 bits per heavy atom. The number of phosphoric ester groups is 1. The fourth-order valence-electron chi connectivity index (χ4n) is 4.47. The molecule has 0 aromatic rings. The van der Waals surface area contributed by atoms with Crippen LogP contribution < -0.4 is 5.73 Å². The lowest BCUT2D eigenvalue weighted by atomic mass is 10.0. The van der Waals surface area contributed by atoms with Crippen LogP contribution in [0.3, 0.4) is 0 Å². The fraction of sp³-hybridized carbons (Fsp3) is 1.00. The molecular formula is C30H66NO4P. The molecule has 0 saturated carbocycles. The average molecular weight is 536 g/mol. The standard InChI is InChI=1S/C22H47O4P.C8H19N/c1-2-3-4-5-6-7-8-9-10-11-12-13-14-15-16-17-18-19-20-21-22-26-27(23,24)25;1-2-3-4-5-6-7-8-9/h2-22H2,1H3,(H2,23,24,25);2-9H2,1H3. The Labute approximate surface area is 226 Å². The molecule has 0 rings (SSSR count). The average Bonchev–Trinajstić information content (AvgIpc) is 2.84. The molecule has 0 aromatic carbocycles. The Bertz CT molecular complexity index is 425. The van der Waals surface area contributed by atoms with E-state index in [2.05, 4.69) is 18.4 Å². The summed E-state index contributed by atoms with van der Waals surface area (Å²) in [5.74, 6) is 0. The van der Waals surface area contributed by atoms with Crippen LogP contribution in [0.2, 0.25) is 0 Å². The lowest BCUT2D eigenvalue weighted by molar-refractivity contribution is 0.193. The fourth-order valence-corrected chi connectivity index (χ4v) is 4.83. The Hall–Kier alpha value is 0.0700. The van der Waals surface area contributed by atoms with E-state index in [1.54, 1.807) is 0 Å². The molecule has 0 heterocycles. The van der Waals surface area contributed by atoms with E-state index in [0.29, 0.717) is 0 Å². The number of unbranched alkanes of at least 4 members (excludes halogenated alkanes) is 24. The molecular weight excluding hydrogens is 469 g/mol. The van der Waals surface area contributed by atoms with Crippen molar-refractivity contribution >= 4 is 7.82 Å². The minimum atomic E-state index is -4.26. The van der Waals surface area contributed by atoms with Gasteiger partial charge in [0, 0.05) is 0 Å². The maximum Gasteiger partial charge on any atom is 0.469 e. The van der Waals surface area contributed by atoms with Crippen LogP contribution in [0.25, 0.3) is 0 Å². The highest BCUT2D eigenvalue weighted by Gasteiger charge is 2.12. The molecule has 0 fully saturated rings. The molecule has 0 unspecified atom stereocenters. The second-order valence-electron chi connectivity index (χ2n) is 10.6. The molecule has 5 nitrogen and oxygen atoms in total. The van der Waals surface area contributed by atoms with E-state index < -0.39 is 7.82 Å². The van der Waals surface area contributed by atoms with Gasteiger partial charge in [-0.3, -0.25) is 4.52 Å². The van der Waals surface area contributed by atoms with Crippen molar-refractivity contribution in [1.82, 2.24) is 0 Å². The van der Waals surface area contributed by atoms with E-state index in [1.165, 1.54) is 148 Å². The van der Waals surface area contributed by atoms with Gasteiger partial charge in [-0.05, 0) is 19.4 Å². The van der Waals surface area contributed by atoms with Gasteiger partial charge in [-0.2, -0.15) is 0 Å². The largest absolute Gasteiger partial charge is 0.469 e. The van der Waals surface area contributed by atoms with Crippen molar-refractivity contribution in [3.05, 3.63) is 0 Å². The first-order valence-electron chi connectivity index (χ1n) is 15.9. The van der Waals surface area contributed by atoms with Crippen LogP contribution in [-0.2, 0) is 9.09 Å². The van der Waals surface area contributed by atoms with Gasteiger partial charge in [0.2, 0.25) is 0 Å². The Morgan fingerprint density at radius 1 is 0.472 bits per heavy atom. The molecule has 0 spiro atoms. The molecule has 0 saturated heterocycles. The first kappa shape index (κ1) is 38.2. The zero-order valence-electron chi connectivity index (χ0n) is 24.5. The molecule has 4 N–H and O–H groups in total. The Balaban J connectivity index is 0. The predicted molar refractivity (Wildman–Crippen MR) is 158 cm³/mol. The Kier molecular flexibility index (Phi) is 35.1. The van der Waals surface area contributed by atoms with Crippen molar-refractivity contribution in [1.29, 1.82) is 0 Å². The van der Waals surface area contributed by atoms with Gasteiger partial charge in [0.15, 0.2) is 0 Å². The topological polar surface area (TPSA) is 92.8 Å². The second kappa shape index (κ2) is 33.1. The summed E-state index contributed by atoms with van der Waals surface area (Å²) in [6, 6.07) is 0. The van der Waals surface area contributed by atoms with Crippen molar-refractivity contribution in [3.8, 4) is 0 Å². The van der Waals surface area contributed by atoms with E-state index in [9.17, 15) is 4.57 Å². The normalized spacial score (nSPS) is 11.5. The van der Waals surface area contributed by atoms with E-state index in [1.807, 2.05) is 0 Å². The van der Waals surface area contributed by atoms with Crippen LogP contribution in [0.15, 0.2) is 0 Å². The summed E-state index contributed by atoms with van der Waals surface area (Å²) >= 11 is 0. The van der Waals surface area contributed by atoms with Crippen molar-refractivity contribution < 1.29 is 18.9 Å². The molecule has 0 aliphatic heterocycles. The third-order valence-corrected chi connectivity index (χ3v) is 7.33. The van der Waals surface area contributed by atoms with Crippen LogP contribution in [-0.4, -0.2) is 22.9 Å². The lowest BCUT2D eigenvalue weighted by Gasteiger charge is -2.05. The van der Waals surface area contributed by atoms with E-state index in [-0.39, 0.29) is 6.61 Å². The van der Waals surface area contributed by atoms with Crippen LogP contribution in [0.4, 0.5) is 0 Å². The lowest BCUT2D eigenvalue weighted by Crippen LogP contribution is -1.97. The number of hydrogen-bond acceptors (Lipinski definition) is 3. The summed E-state index contributed by atoms with van der Waals surface area (Å²) in [5, 5.41) is 0. The molecule has 0 radical (unpaired) electrons. The van der Waals surface area contributed by atoms with Crippen LogP contribution >= 0.6 is 7.82 Å². The van der Waals surface area contributed by atoms with E-state index in [4.69, 9.17) is 15.5 Å². The summed E-state index contributed by atoms with van der Waals surface area (Å²) in [5.41, 5.74) is 5.34. The smallest absolute Gasteiger partial charge is 0.330 e. The van der Waals surface area contributed by atoms with Crippen molar-refractivity contribution in [3.63, 3.8) is 0 Å². The molecule has 0 aromatic heterocycles. The highest BCUT2D eigenvalue weighted by atomic mass is 31.2. The number of hydrogen-bond donors (Lipinski definition) is 3. The number of phosphoric acid groups is 1. The minimum absolute atomic E-state index is 0.170. The van der Waals surface area contributed by atoms with Crippen molar-refractivity contribution in [2.75, 3.05) is 13.2 Å². The van der Waals surface area contributed by atoms with Gasteiger partial charge in [-0.1, -0.05) is 168 Å². The molecule has 0 amide bonds. The zero-order chi connectivity index (χ0) is 27.0. The zero-order valence-corrected chi connectivity index (χ0v) is 25.4. The molecule has 36 heavy (non-hydrogen) atoms. The SMILES string of the molecule is CCCCCCCCCCCCCCCCCCCCCCOP(=O)(O)O.CCCCCCCCN. The van der Waals surface area contributed by atoms with Crippen molar-refractivity contribution in [2.45, 2.75) is 181 Å². The second-order valence-corrected chi connectivity index (χ2v) is 11.8. The van der Waals surface area contributed by atoms with Crippen LogP contribution in [0.1, 0.15) is 181 Å². The summed E-state index contributed by atoms with van der Waals surface area (Å²) in [4.78, 5) is 17.1. The summed E-state index contributed by atoms with van der Waals surface area (Å²) < 4.78 is 14.9. The van der Waals surface area contributed by atoms with Gasteiger partial charge in [0.25, 0.3) is 0 Å². The molecule has 220 valence electrons. The maximum absolute atomic E-state index is 10.5. The summed E-state index contributed by atoms with van der Waals surface area (Å²) in [6.45, 7) is 5.55. The van der Waals surface area contributed by atoms with Crippen molar-refractivity contribution in [2.24, 2.45) is 5.73 Å². The summed E-state index contributed by atoms with van der Waals surface area (Å²) in [6.07, 6.45) is 34.6. The van der Waals surface area contributed by atoms with E-state index in [0.717, 1.165) is 25.8 Å². The third-order valence-electron chi connectivity index (χ3n) is 6.82. The van der Waals surface area contributed by atoms with Gasteiger partial charge in [0.05, 0.1) is 6.61 Å². The number of nitrogens with two attached hydrogens (primary N) is 1. The van der Waals surface area contributed by atoms with Gasteiger partial charge < -0.3 is 15.5 Å². The highest BCUT2D eigenvalue weighted by molar-refractivity contribution is 7.46. The van der Waals surface area contributed by atoms with Crippen LogP contribution in [0, 0.1) is 0 Å². The van der Waals surface area contributed by atoms with Gasteiger partial charge in [0.1, 0.15) is 0 Å².